The van der Waals surface area contributed by atoms with Gasteiger partial charge in [0.1, 0.15) is 0 Å². The van der Waals surface area contributed by atoms with Gasteiger partial charge in [-0.25, -0.2) is 9.97 Å². The smallest absolute Gasteiger partial charge is 0.159 e. The molecule has 0 amide bonds. The molecule has 0 saturated heterocycles. The van der Waals surface area contributed by atoms with Crippen LogP contribution in [0.1, 0.15) is 57.7 Å². The first-order chi connectivity index (χ1) is 10.2. The second-order valence-corrected chi connectivity index (χ2v) is 5.38. The topological polar surface area (TPSA) is 25.8 Å². The highest BCUT2D eigenvalue weighted by Gasteiger charge is 2.01. The van der Waals surface area contributed by atoms with Crippen molar-refractivity contribution in [2.24, 2.45) is 0 Å². The lowest BCUT2D eigenvalue weighted by atomic mass is 10.1. The highest BCUT2D eigenvalue weighted by Crippen LogP contribution is 2.16. The molecule has 2 heteroatoms. The summed E-state index contributed by atoms with van der Waals surface area (Å²) in [6, 6.07) is 10.5. The Hall–Kier alpha value is -1.70. The third-order valence-electron chi connectivity index (χ3n) is 3.08. The van der Waals surface area contributed by atoms with Crippen LogP contribution in [-0.4, -0.2) is 9.97 Å². The summed E-state index contributed by atoms with van der Waals surface area (Å²) in [7, 11) is 0. The van der Waals surface area contributed by atoms with Crippen molar-refractivity contribution in [3.05, 3.63) is 47.8 Å². The number of unbranched alkanes of at least 4 members (excludes halogenated alkanes) is 2. The lowest BCUT2D eigenvalue weighted by Gasteiger charge is -2.04. The van der Waals surface area contributed by atoms with E-state index in [9.17, 15) is 0 Å². The lowest BCUT2D eigenvalue weighted by Crippen LogP contribution is -1.91. The number of aromatic nitrogens is 2. The molecule has 0 N–H and O–H groups in total. The highest BCUT2D eigenvalue weighted by atomic mass is 14.9. The zero-order valence-corrected chi connectivity index (χ0v) is 13.9. The van der Waals surface area contributed by atoms with Gasteiger partial charge >= 0.3 is 0 Å². The summed E-state index contributed by atoms with van der Waals surface area (Å²) in [5, 5.41) is 0. The number of hydrogen-bond acceptors (Lipinski definition) is 2. The summed E-state index contributed by atoms with van der Waals surface area (Å²) in [5.74, 6) is 0.815. The first-order valence-corrected chi connectivity index (χ1v) is 8.10. The van der Waals surface area contributed by atoms with E-state index in [-0.39, 0.29) is 0 Å². The van der Waals surface area contributed by atoms with Gasteiger partial charge in [-0.2, -0.15) is 0 Å². The second kappa shape index (κ2) is 10.1. The molecule has 0 aliphatic carbocycles. The van der Waals surface area contributed by atoms with Crippen molar-refractivity contribution in [1.82, 2.24) is 9.97 Å². The van der Waals surface area contributed by atoms with Crippen LogP contribution in [-0.2, 0) is 6.42 Å². The molecule has 1 aromatic heterocycles. The van der Waals surface area contributed by atoms with Crippen LogP contribution in [0.4, 0.5) is 0 Å². The Bertz CT molecular complexity index is 503. The summed E-state index contributed by atoms with van der Waals surface area (Å²) in [5.41, 5.74) is 3.50. The second-order valence-electron chi connectivity index (χ2n) is 5.38. The first kappa shape index (κ1) is 17.4. The van der Waals surface area contributed by atoms with Gasteiger partial charge in [-0.15, -0.1) is 0 Å². The predicted molar refractivity (Wildman–Crippen MR) is 91.4 cm³/mol. The molecule has 114 valence electrons. The third-order valence-corrected chi connectivity index (χ3v) is 3.08. The van der Waals surface area contributed by atoms with Gasteiger partial charge in [-0.1, -0.05) is 64.3 Å². The molecular weight excluding hydrogens is 256 g/mol. The van der Waals surface area contributed by atoms with Crippen LogP contribution in [0.5, 0.6) is 0 Å². The van der Waals surface area contributed by atoms with Crippen molar-refractivity contribution in [3.8, 4) is 11.4 Å². The standard InChI is InChI=1S/C16H20N2.C3H8/c1-3-4-5-6-14-7-9-15(10-8-14)16-17-12-11-13(2)18-16;1-3-2/h7-12H,3-6H2,1-2H3;3H2,1-2H3. The van der Waals surface area contributed by atoms with Gasteiger partial charge in [-0.3, -0.25) is 0 Å². The number of aryl methyl sites for hydroxylation is 2. The number of rotatable bonds is 5. The van der Waals surface area contributed by atoms with E-state index >= 15 is 0 Å². The van der Waals surface area contributed by atoms with E-state index in [2.05, 4.69) is 55.0 Å². The maximum Gasteiger partial charge on any atom is 0.159 e. The lowest BCUT2D eigenvalue weighted by molar-refractivity contribution is 0.717. The normalized spacial score (nSPS) is 9.90. The van der Waals surface area contributed by atoms with Gasteiger partial charge in [0.25, 0.3) is 0 Å². The number of nitrogens with zero attached hydrogens (tertiary/aromatic N) is 2. The van der Waals surface area contributed by atoms with E-state index in [0.717, 1.165) is 17.1 Å². The van der Waals surface area contributed by atoms with Crippen molar-refractivity contribution >= 4 is 0 Å². The molecule has 0 spiro atoms. The quantitative estimate of drug-likeness (QED) is 0.668. The average molecular weight is 284 g/mol. The Morgan fingerprint density at radius 2 is 1.57 bits per heavy atom. The molecule has 1 aromatic carbocycles. The van der Waals surface area contributed by atoms with Gasteiger partial charge in [0, 0.05) is 17.5 Å². The fourth-order valence-electron chi connectivity index (χ4n) is 1.99. The first-order valence-electron chi connectivity index (χ1n) is 8.10. The van der Waals surface area contributed by atoms with E-state index in [1.807, 2.05) is 19.2 Å². The summed E-state index contributed by atoms with van der Waals surface area (Å²) in [6.07, 6.45) is 8.09. The molecule has 0 atom stereocenters. The van der Waals surface area contributed by atoms with E-state index < -0.39 is 0 Å². The monoisotopic (exact) mass is 284 g/mol. The highest BCUT2D eigenvalue weighted by molar-refractivity contribution is 5.55. The molecule has 21 heavy (non-hydrogen) atoms. The number of benzene rings is 1. The molecule has 2 rings (SSSR count). The maximum absolute atomic E-state index is 4.44. The van der Waals surface area contributed by atoms with Crippen molar-refractivity contribution in [3.63, 3.8) is 0 Å². The third kappa shape index (κ3) is 6.52. The minimum absolute atomic E-state index is 0.815. The van der Waals surface area contributed by atoms with Crippen molar-refractivity contribution < 1.29 is 0 Å². The molecule has 0 fully saturated rings. The Morgan fingerprint density at radius 1 is 0.905 bits per heavy atom. The van der Waals surface area contributed by atoms with Gasteiger partial charge in [0.2, 0.25) is 0 Å². The predicted octanol–water partition coefficient (Wildman–Crippen LogP) is 5.60. The van der Waals surface area contributed by atoms with Gasteiger partial charge in [-0.05, 0) is 31.4 Å². The molecule has 0 saturated carbocycles. The number of hydrogen-bond donors (Lipinski definition) is 0. The van der Waals surface area contributed by atoms with Crippen molar-refractivity contribution in [2.75, 3.05) is 0 Å². The van der Waals surface area contributed by atoms with Crippen LogP contribution in [0.2, 0.25) is 0 Å². The SMILES string of the molecule is CCC.CCCCCc1ccc(-c2nccc(C)n2)cc1. The fourth-order valence-corrected chi connectivity index (χ4v) is 1.99. The molecule has 0 radical (unpaired) electrons. The van der Waals surface area contributed by atoms with E-state index in [1.165, 1.54) is 37.7 Å². The summed E-state index contributed by atoms with van der Waals surface area (Å²) in [4.78, 5) is 8.74. The van der Waals surface area contributed by atoms with E-state index in [0.29, 0.717) is 0 Å². The molecule has 1 heterocycles. The maximum atomic E-state index is 4.44. The Kier molecular flexibility index (Phi) is 8.34. The molecule has 2 aromatic rings. The summed E-state index contributed by atoms with van der Waals surface area (Å²) >= 11 is 0. The van der Waals surface area contributed by atoms with Gasteiger partial charge in [0.05, 0.1) is 0 Å². The zero-order chi connectivity index (χ0) is 15.5. The minimum atomic E-state index is 0.815. The van der Waals surface area contributed by atoms with Crippen LogP contribution in [0.3, 0.4) is 0 Å². The fraction of sp³-hybridized carbons (Fsp3) is 0.474. The molecule has 0 unspecified atom stereocenters. The van der Waals surface area contributed by atoms with Gasteiger partial charge < -0.3 is 0 Å². The van der Waals surface area contributed by atoms with Crippen molar-refractivity contribution in [1.29, 1.82) is 0 Å². The van der Waals surface area contributed by atoms with E-state index in [4.69, 9.17) is 0 Å². The van der Waals surface area contributed by atoms with E-state index in [1.54, 1.807) is 0 Å². The van der Waals surface area contributed by atoms with Crippen LogP contribution in [0, 0.1) is 6.92 Å². The van der Waals surface area contributed by atoms with Crippen LogP contribution < -0.4 is 0 Å². The molecular formula is C19H28N2. The summed E-state index contributed by atoms with van der Waals surface area (Å²) < 4.78 is 0. The van der Waals surface area contributed by atoms with Crippen molar-refractivity contribution in [2.45, 2.75) is 59.8 Å². The molecule has 0 aliphatic rings. The summed E-state index contributed by atoms with van der Waals surface area (Å²) in [6.45, 7) is 8.47. The Balaban J connectivity index is 0.000000677. The minimum Gasteiger partial charge on any atom is -0.237 e. The Morgan fingerprint density at radius 3 is 2.14 bits per heavy atom. The molecule has 2 nitrogen and oxygen atoms in total. The largest absolute Gasteiger partial charge is 0.237 e. The molecule has 0 bridgehead atoms. The van der Waals surface area contributed by atoms with Gasteiger partial charge in [0.15, 0.2) is 5.82 Å². The van der Waals surface area contributed by atoms with Crippen LogP contribution >= 0.6 is 0 Å². The van der Waals surface area contributed by atoms with Crippen LogP contribution in [0.25, 0.3) is 11.4 Å². The van der Waals surface area contributed by atoms with Crippen LogP contribution in [0.15, 0.2) is 36.5 Å². The Labute approximate surface area is 129 Å². The molecule has 0 aliphatic heterocycles. The zero-order valence-electron chi connectivity index (χ0n) is 13.9. The average Bonchev–Trinajstić information content (AvgIpc) is 2.49.